The normalized spacial score (nSPS) is 13.5. The van der Waals surface area contributed by atoms with Crippen molar-refractivity contribution in [3.05, 3.63) is 29.3 Å². The molecule has 96 valence electrons. The predicted octanol–water partition coefficient (Wildman–Crippen LogP) is 2.59. The molecule has 0 heterocycles. The number of aliphatic hydroxyl groups excluding tert-OH is 1. The molecule has 0 aliphatic carbocycles. The summed E-state index contributed by atoms with van der Waals surface area (Å²) in [6.07, 6.45) is 0.00735. The first-order valence-electron chi connectivity index (χ1n) is 5.93. The summed E-state index contributed by atoms with van der Waals surface area (Å²) in [5.41, 5.74) is 1.15. The molecule has 17 heavy (non-hydrogen) atoms. The van der Waals surface area contributed by atoms with Crippen LogP contribution in [0.25, 0.3) is 0 Å². The molecule has 0 spiro atoms. The summed E-state index contributed by atoms with van der Waals surface area (Å²) in [7, 11) is 0. The van der Waals surface area contributed by atoms with Crippen LogP contribution in [-0.2, 0) is 0 Å². The van der Waals surface area contributed by atoms with Crippen molar-refractivity contribution in [3.63, 3.8) is 0 Å². The number of hydrogen-bond acceptors (Lipinski definition) is 3. The van der Waals surface area contributed by atoms with Crippen molar-refractivity contribution in [1.29, 1.82) is 0 Å². The SMILES string of the molecule is Cc1ccc([C@H](C)O)c(OCCC(C)(C)O)c1. The maximum atomic E-state index is 9.63. The summed E-state index contributed by atoms with van der Waals surface area (Å²) >= 11 is 0. The van der Waals surface area contributed by atoms with E-state index < -0.39 is 11.7 Å². The number of ether oxygens (including phenoxy) is 1. The van der Waals surface area contributed by atoms with Crippen LogP contribution in [0, 0.1) is 6.92 Å². The zero-order valence-corrected chi connectivity index (χ0v) is 11.0. The Morgan fingerprint density at radius 2 is 2.00 bits per heavy atom. The Labute approximate surface area is 103 Å². The zero-order chi connectivity index (χ0) is 13.1. The fraction of sp³-hybridized carbons (Fsp3) is 0.571. The quantitative estimate of drug-likeness (QED) is 0.829. The lowest BCUT2D eigenvalue weighted by molar-refractivity contribution is 0.0548. The number of rotatable bonds is 5. The highest BCUT2D eigenvalue weighted by atomic mass is 16.5. The molecule has 0 amide bonds. The van der Waals surface area contributed by atoms with E-state index in [4.69, 9.17) is 4.74 Å². The lowest BCUT2D eigenvalue weighted by Gasteiger charge is -2.19. The van der Waals surface area contributed by atoms with Gasteiger partial charge in [-0.15, -0.1) is 0 Å². The molecule has 0 saturated heterocycles. The second-order valence-corrected chi connectivity index (χ2v) is 5.13. The summed E-state index contributed by atoms with van der Waals surface area (Å²) in [4.78, 5) is 0. The molecule has 1 atom stereocenters. The van der Waals surface area contributed by atoms with Gasteiger partial charge in [-0.3, -0.25) is 0 Å². The molecule has 1 rings (SSSR count). The summed E-state index contributed by atoms with van der Waals surface area (Å²) in [6.45, 7) is 7.64. The van der Waals surface area contributed by atoms with Crippen LogP contribution in [0.2, 0.25) is 0 Å². The second-order valence-electron chi connectivity index (χ2n) is 5.13. The Kier molecular flexibility index (Phi) is 4.54. The molecular formula is C14H22O3. The highest BCUT2D eigenvalue weighted by Gasteiger charge is 2.14. The van der Waals surface area contributed by atoms with E-state index in [1.165, 1.54) is 0 Å². The number of hydrogen-bond donors (Lipinski definition) is 2. The molecule has 2 N–H and O–H groups in total. The van der Waals surface area contributed by atoms with Gasteiger partial charge in [0.2, 0.25) is 0 Å². The minimum Gasteiger partial charge on any atom is -0.493 e. The van der Waals surface area contributed by atoms with E-state index in [9.17, 15) is 10.2 Å². The fourth-order valence-corrected chi connectivity index (χ4v) is 1.52. The van der Waals surface area contributed by atoms with E-state index in [1.54, 1.807) is 20.8 Å². The van der Waals surface area contributed by atoms with E-state index >= 15 is 0 Å². The predicted molar refractivity (Wildman–Crippen MR) is 68.2 cm³/mol. The van der Waals surface area contributed by atoms with Crippen LogP contribution in [0.5, 0.6) is 5.75 Å². The van der Waals surface area contributed by atoms with Gasteiger partial charge < -0.3 is 14.9 Å². The Balaban J connectivity index is 2.72. The monoisotopic (exact) mass is 238 g/mol. The van der Waals surface area contributed by atoms with E-state index in [-0.39, 0.29) is 0 Å². The molecule has 3 nitrogen and oxygen atoms in total. The molecule has 0 bridgehead atoms. The van der Waals surface area contributed by atoms with Crippen LogP contribution in [0.15, 0.2) is 18.2 Å². The number of aliphatic hydroxyl groups is 2. The van der Waals surface area contributed by atoms with Crippen molar-refractivity contribution < 1.29 is 14.9 Å². The van der Waals surface area contributed by atoms with Crippen LogP contribution < -0.4 is 4.74 Å². The maximum Gasteiger partial charge on any atom is 0.125 e. The highest BCUT2D eigenvalue weighted by molar-refractivity contribution is 5.38. The van der Waals surface area contributed by atoms with Gasteiger partial charge in [-0.25, -0.2) is 0 Å². The van der Waals surface area contributed by atoms with Gasteiger partial charge in [0, 0.05) is 12.0 Å². The fourth-order valence-electron chi connectivity index (χ4n) is 1.52. The van der Waals surface area contributed by atoms with Crippen LogP contribution in [0.4, 0.5) is 0 Å². The van der Waals surface area contributed by atoms with Gasteiger partial charge >= 0.3 is 0 Å². The smallest absolute Gasteiger partial charge is 0.125 e. The van der Waals surface area contributed by atoms with Crippen LogP contribution in [-0.4, -0.2) is 22.4 Å². The summed E-state index contributed by atoms with van der Waals surface area (Å²) in [6, 6.07) is 5.73. The molecule has 0 aromatic heterocycles. The summed E-state index contributed by atoms with van der Waals surface area (Å²) < 4.78 is 5.64. The Morgan fingerprint density at radius 3 is 2.53 bits per heavy atom. The van der Waals surface area contributed by atoms with E-state index in [0.717, 1.165) is 11.1 Å². The third kappa shape index (κ3) is 4.75. The minimum atomic E-state index is -0.727. The standard InChI is InChI=1S/C14H22O3/c1-10-5-6-12(11(2)15)13(9-10)17-8-7-14(3,4)16/h5-6,9,11,15-16H,7-8H2,1-4H3/t11-/m0/s1. The van der Waals surface area contributed by atoms with Gasteiger partial charge in [0.05, 0.1) is 18.3 Å². The van der Waals surface area contributed by atoms with E-state index in [1.807, 2.05) is 25.1 Å². The average molecular weight is 238 g/mol. The first-order chi connectivity index (χ1) is 7.79. The van der Waals surface area contributed by atoms with Crippen LogP contribution in [0.3, 0.4) is 0 Å². The maximum absolute atomic E-state index is 9.63. The van der Waals surface area contributed by atoms with Crippen molar-refractivity contribution in [2.45, 2.75) is 45.8 Å². The molecule has 0 fully saturated rings. The van der Waals surface area contributed by atoms with Gasteiger partial charge in [0.1, 0.15) is 5.75 Å². The molecule has 3 heteroatoms. The van der Waals surface area contributed by atoms with Gasteiger partial charge in [-0.05, 0) is 39.3 Å². The average Bonchev–Trinajstić information content (AvgIpc) is 2.15. The van der Waals surface area contributed by atoms with E-state index in [2.05, 4.69) is 0 Å². The first kappa shape index (κ1) is 14.0. The Morgan fingerprint density at radius 1 is 1.35 bits per heavy atom. The molecule has 0 radical (unpaired) electrons. The van der Waals surface area contributed by atoms with Gasteiger partial charge in [0.25, 0.3) is 0 Å². The molecule has 0 aliphatic rings. The van der Waals surface area contributed by atoms with Gasteiger partial charge in [-0.2, -0.15) is 0 Å². The highest BCUT2D eigenvalue weighted by Crippen LogP contribution is 2.26. The van der Waals surface area contributed by atoms with Crippen molar-refractivity contribution in [2.24, 2.45) is 0 Å². The summed E-state index contributed by atoms with van der Waals surface area (Å²) in [5.74, 6) is 0.698. The lowest BCUT2D eigenvalue weighted by atomic mass is 10.1. The van der Waals surface area contributed by atoms with Gasteiger partial charge in [-0.1, -0.05) is 12.1 Å². The molecule has 1 aromatic carbocycles. The molecule has 1 aromatic rings. The molecule has 0 unspecified atom stereocenters. The van der Waals surface area contributed by atoms with Crippen molar-refractivity contribution in [3.8, 4) is 5.75 Å². The van der Waals surface area contributed by atoms with Crippen molar-refractivity contribution in [2.75, 3.05) is 6.61 Å². The first-order valence-corrected chi connectivity index (χ1v) is 5.93. The van der Waals surface area contributed by atoms with Crippen LogP contribution >= 0.6 is 0 Å². The van der Waals surface area contributed by atoms with Gasteiger partial charge in [0.15, 0.2) is 0 Å². The molecule has 0 saturated carbocycles. The third-order valence-electron chi connectivity index (χ3n) is 2.59. The molecular weight excluding hydrogens is 216 g/mol. The van der Waals surface area contributed by atoms with Crippen LogP contribution in [0.1, 0.15) is 44.4 Å². The zero-order valence-electron chi connectivity index (χ0n) is 11.0. The topological polar surface area (TPSA) is 49.7 Å². The minimum absolute atomic E-state index is 0.437. The number of aryl methyl sites for hydroxylation is 1. The van der Waals surface area contributed by atoms with Crippen molar-refractivity contribution in [1.82, 2.24) is 0 Å². The second kappa shape index (κ2) is 5.52. The lowest BCUT2D eigenvalue weighted by Crippen LogP contribution is -2.22. The van der Waals surface area contributed by atoms with Crippen molar-refractivity contribution >= 4 is 0 Å². The Bertz CT molecular complexity index is 364. The third-order valence-corrected chi connectivity index (χ3v) is 2.59. The Hall–Kier alpha value is -1.06. The molecule has 0 aliphatic heterocycles. The largest absolute Gasteiger partial charge is 0.493 e. The summed E-state index contributed by atoms with van der Waals surface area (Å²) in [5, 5.41) is 19.2. The number of benzene rings is 1. The van der Waals surface area contributed by atoms with E-state index in [0.29, 0.717) is 18.8 Å².